The van der Waals surface area contributed by atoms with Gasteiger partial charge in [0.2, 0.25) is 0 Å². The lowest BCUT2D eigenvalue weighted by Crippen LogP contribution is -2.21. The summed E-state index contributed by atoms with van der Waals surface area (Å²) in [5, 5.41) is 9.27. The quantitative estimate of drug-likeness (QED) is 0.854. The molecule has 2 aromatic rings. The van der Waals surface area contributed by atoms with Crippen LogP contribution in [0.4, 0.5) is 0 Å². The van der Waals surface area contributed by atoms with E-state index in [1.165, 1.54) is 0 Å². The van der Waals surface area contributed by atoms with Gasteiger partial charge < -0.3 is 4.74 Å². The molecule has 0 fully saturated rings. The van der Waals surface area contributed by atoms with Gasteiger partial charge in [-0.05, 0) is 29.6 Å². The predicted octanol–water partition coefficient (Wildman–Crippen LogP) is 3.51. The molecule has 0 amide bonds. The van der Waals surface area contributed by atoms with E-state index in [-0.39, 0.29) is 6.04 Å². The summed E-state index contributed by atoms with van der Waals surface area (Å²) >= 11 is 7.01. The second kappa shape index (κ2) is 5.77. The fraction of sp³-hybridized carbons (Fsp3) is 0.500. The highest BCUT2D eigenvalue weighted by molar-refractivity contribution is 7.71. The maximum atomic E-state index is 5.35. The van der Waals surface area contributed by atoms with E-state index in [1.54, 1.807) is 18.4 Å². The van der Waals surface area contributed by atoms with Crippen LogP contribution in [-0.2, 0) is 4.74 Å². The van der Waals surface area contributed by atoms with Gasteiger partial charge in [-0.15, -0.1) is 11.3 Å². The minimum atomic E-state index is 0.193. The first kappa shape index (κ1) is 13.5. The van der Waals surface area contributed by atoms with E-state index in [2.05, 4.69) is 34.7 Å². The molecular weight excluding hydrogens is 266 g/mol. The van der Waals surface area contributed by atoms with Gasteiger partial charge in [0.15, 0.2) is 10.6 Å². The predicted molar refractivity (Wildman–Crippen MR) is 76.5 cm³/mol. The molecule has 4 nitrogen and oxygen atoms in total. The van der Waals surface area contributed by atoms with Crippen molar-refractivity contribution in [2.45, 2.75) is 19.9 Å². The normalized spacial score (nSPS) is 13.1. The highest BCUT2D eigenvalue weighted by Crippen LogP contribution is 2.28. The van der Waals surface area contributed by atoms with Crippen LogP contribution in [0.25, 0.3) is 10.7 Å². The van der Waals surface area contributed by atoms with E-state index in [0.717, 1.165) is 10.7 Å². The summed E-state index contributed by atoms with van der Waals surface area (Å²) in [7, 11) is 1.71. The van der Waals surface area contributed by atoms with Crippen LogP contribution in [0.1, 0.15) is 19.9 Å². The third-order valence-electron chi connectivity index (χ3n) is 2.88. The topological polar surface area (TPSA) is 42.8 Å². The van der Waals surface area contributed by atoms with Gasteiger partial charge >= 0.3 is 0 Å². The molecule has 0 saturated carbocycles. The van der Waals surface area contributed by atoms with E-state index in [0.29, 0.717) is 17.3 Å². The van der Waals surface area contributed by atoms with Gasteiger partial charge in [-0.1, -0.05) is 19.9 Å². The van der Waals surface area contributed by atoms with E-state index in [4.69, 9.17) is 17.0 Å². The van der Waals surface area contributed by atoms with Gasteiger partial charge in [0, 0.05) is 7.11 Å². The minimum absolute atomic E-state index is 0.193. The second-order valence-corrected chi connectivity index (χ2v) is 5.80. The van der Waals surface area contributed by atoms with Crippen molar-refractivity contribution in [1.29, 1.82) is 0 Å². The summed E-state index contributed by atoms with van der Waals surface area (Å²) in [5.74, 6) is 1.32. The van der Waals surface area contributed by atoms with E-state index >= 15 is 0 Å². The molecule has 2 aromatic heterocycles. The number of ether oxygens (including phenoxy) is 1. The van der Waals surface area contributed by atoms with Gasteiger partial charge in [0.05, 0.1) is 17.5 Å². The molecule has 1 unspecified atom stereocenters. The number of aromatic nitrogens is 3. The molecule has 18 heavy (non-hydrogen) atoms. The number of H-pyrrole nitrogens is 1. The number of nitrogens with zero attached hydrogens (tertiary/aromatic N) is 2. The Morgan fingerprint density at radius 1 is 1.56 bits per heavy atom. The number of methoxy groups -OCH3 is 1. The van der Waals surface area contributed by atoms with Gasteiger partial charge in [0.25, 0.3) is 0 Å². The van der Waals surface area contributed by atoms with Crippen LogP contribution in [0.5, 0.6) is 0 Å². The number of thiophene rings is 1. The zero-order valence-corrected chi connectivity index (χ0v) is 12.3. The van der Waals surface area contributed by atoms with Gasteiger partial charge in [-0.2, -0.15) is 5.10 Å². The fourth-order valence-electron chi connectivity index (χ4n) is 1.93. The summed E-state index contributed by atoms with van der Waals surface area (Å²) < 4.78 is 8.02. The number of hydrogen-bond acceptors (Lipinski definition) is 4. The Bertz CT molecular complexity index is 542. The van der Waals surface area contributed by atoms with Crippen molar-refractivity contribution >= 4 is 23.6 Å². The lowest BCUT2D eigenvalue weighted by atomic mass is 10.1. The Balaban J connectivity index is 2.49. The number of aromatic amines is 1. The first-order valence-corrected chi connectivity index (χ1v) is 7.13. The third kappa shape index (κ3) is 2.55. The Morgan fingerprint density at radius 3 is 2.89 bits per heavy atom. The Hall–Kier alpha value is -0.980. The summed E-state index contributed by atoms with van der Waals surface area (Å²) in [6.07, 6.45) is 0. The molecule has 0 aliphatic carbocycles. The maximum Gasteiger partial charge on any atom is 0.195 e. The number of hydrogen-bond donors (Lipinski definition) is 1. The molecular formula is C12H17N3OS2. The summed E-state index contributed by atoms with van der Waals surface area (Å²) in [4.78, 5) is 1.11. The van der Waals surface area contributed by atoms with Gasteiger partial charge in [-0.3, -0.25) is 9.67 Å². The van der Waals surface area contributed by atoms with E-state index < -0.39 is 0 Å². The molecule has 0 spiro atoms. The third-order valence-corrected chi connectivity index (χ3v) is 4.04. The number of nitrogens with one attached hydrogen (secondary N) is 1. The summed E-state index contributed by atoms with van der Waals surface area (Å²) in [6, 6.07) is 4.26. The van der Waals surface area contributed by atoms with Crippen LogP contribution in [0.2, 0.25) is 0 Å². The minimum Gasteiger partial charge on any atom is -0.383 e. The van der Waals surface area contributed by atoms with Crippen molar-refractivity contribution in [2.24, 2.45) is 5.92 Å². The van der Waals surface area contributed by atoms with Gasteiger partial charge in [0.1, 0.15) is 0 Å². The van der Waals surface area contributed by atoms with Crippen LogP contribution >= 0.6 is 23.6 Å². The zero-order chi connectivity index (χ0) is 13.1. The molecule has 0 aliphatic rings. The lowest BCUT2D eigenvalue weighted by Gasteiger charge is -2.22. The van der Waals surface area contributed by atoms with Crippen LogP contribution in [0.15, 0.2) is 17.5 Å². The summed E-state index contributed by atoms with van der Waals surface area (Å²) in [5.41, 5.74) is 0. The average molecular weight is 283 g/mol. The van der Waals surface area contributed by atoms with Crippen molar-refractivity contribution in [3.63, 3.8) is 0 Å². The molecule has 1 atom stereocenters. The van der Waals surface area contributed by atoms with E-state index in [9.17, 15) is 0 Å². The van der Waals surface area contributed by atoms with Crippen LogP contribution in [0, 0.1) is 10.7 Å². The fourth-order valence-corrected chi connectivity index (χ4v) is 2.91. The van der Waals surface area contributed by atoms with E-state index in [1.807, 2.05) is 11.4 Å². The SMILES string of the molecule is COCC(C(C)C)n1c(-c2cccs2)n[nH]c1=S. The second-order valence-electron chi connectivity index (χ2n) is 4.47. The van der Waals surface area contributed by atoms with Crippen molar-refractivity contribution < 1.29 is 4.74 Å². The molecule has 0 saturated heterocycles. The molecule has 0 aliphatic heterocycles. The highest BCUT2D eigenvalue weighted by Gasteiger charge is 2.21. The van der Waals surface area contributed by atoms with Gasteiger partial charge in [-0.25, -0.2) is 0 Å². The standard InChI is InChI=1S/C12H17N3OS2/c1-8(2)9(7-16-3)15-11(13-14-12(15)17)10-5-4-6-18-10/h4-6,8-9H,7H2,1-3H3,(H,14,17). The smallest absolute Gasteiger partial charge is 0.195 e. The molecule has 0 aromatic carbocycles. The molecule has 2 rings (SSSR count). The Labute approximate surface area is 116 Å². The molecule has 6 heteroatoms. The molecule has 1 N–H and O–H groups in total. The number of rotatable bonds is 5. The monoisotopic (exact) mass is 283 g/mol. The van der Waals surface area contributed by atoms with Crippen LogP contribution in [0.3, 0.4) is 0 Å². The average Bonchev–Trinajstić information content (AvgIpc) is 2.95. The molecule has 0 bridgehead atoms. The Morgan fingerprint density at radius 2 is 2.33 bits per heavy atom. The van der Waals surface area contributed by atoms with Crippen molar-refractivity contribution in [1.82, 2.24) is 14.8 Å². The summed E-state index contributed by atoms with van der Waals surface area (Å²) in [6.45, 7) is 4.96. The molecule has 2 heterocycles. The van der Waals surface area contributed by atoms with Crippen LogP contribution < -0.4 is 0 Å². The van der Waals surface area contributed by atoms with Crippen molar-refractivity contribution in [3.8, 4) is 10.7 Å². The maximum absolute atomic E-state index is 5.35. The van der Waals surface area contributed by atoms with Crippen molar-refractivity contribution in [2.75, 3.05) is 13.7 Å². The lowest BCUT2D eigenvalue weighted by molar-refractivity contribution is 0.133. The largest absolute Gasteiger partial charge is 0.383 e. The molecule has 0 radical (unpaired) electrons. The first-order chi connectivity index (χ1) is 8.65. The van der Waals surface area contributed by atoms with Crippen LogP contribution in [-0.4, -0.2) is 28.5 Å². The first-order valence-electron chi connectivity index (χ1n) is 5.85. The van der Waals surface area contributed by atoms with Crippen molar-refractivity contribution in [3.05, 3.63) is 22.3 Å². The Kier molecular flexibility index (Phi) is 4.31. The zero-order valence-electron chi connectivity index (χ0n) is 10.7. The molecule has 98 valence electrons. The highest BCUT2D eigenvalue weighted by atomic mass is 32.1.